The topological polar surface area (TPSA) is 17.1 Å². The number of carbonyl (C=O) groups is 1. The number of halogens is 1. The summed E-state index contributed by atoms with van der Waals surface area (Å²) in [6.45, 7) is 3.89. The summed E-state index contributed by atoms with van der Waals surface area (Å²) in [5.74, 6) is 0.518. The van der Waals surface area contributed by atoms with Crippen molar-refractivity contribution in [3.05, 3.63) is 35.1 Å². The first-order valence-corrected chi connectivity index (χ1v) is 5.38. The molecule has 2 rings (SSSR count). The smallest absolute Gasteiger partial charge is 0.136 e. The van der Waals surface area contributed by atoms with Crippen LogP contribution < -0.4 is 0 Å². The highest BCUT2D eigenvalue weighted by atomic mass is 19.1. The molecule has 0 bridgehead atoms. The Morgan fingerprint density at radius 3 is 2.67 bits per heavy atom. The molecule has 2 heteroatoms. The second kappa shape index (κ2) is 3.76. The third-order valence-corrected chi connectivity index (χ3v) is 3.44. The van der Waals surface area contributed by atoms with Crippen LogP contribution in [0.4, 0.5) is 4.39 Å². The lowest BCUT2D eigenvalue weighted by Crippen LogP contribution is -2.10. The molecule has 1 nitrogen and oxygen atoms in total. The zero-order chi connectivity index (χ0) is 11.0. The van der Waals surface area contributed by atoms with Gasteiger partial charge in [-0.25, -0.2) is 4.39 Å². The molecule has 0 saturated heterocycles. The van der Waals surface area contributed by atoms with E-state index in [1.165, 1.54) is 6.07 Å². The number of ketones is 1. The second-order valence-electron chi connectivity index (χ2n) is 4.40. The lowest BCUT2D eigenvalue weighted by molar-refractivity contribution is -0.120. The van der Waals surface area contributed by atoms with E-state index >= 15 is 0 Å². The first kappa shape index (κ1) is 10.3. The van der Waals surface area contributed by atoms with Crippen LogP contribution in [0.25, 0.3) is 0 Å². The van der Waals surface area contributed by atoms with Crippen LogP contribution in [0.2, 0.25) is 0 Å². The maximum absolute atomic E-state index is 12.9. The molecule has 0 spiro atoms. The van der Waals surface area contributed by atoms with Crippen molar-refractivity contribution in [3.8, 4) is 0 Å². The number of hydrogen-bond donors (Lipinski definition) is 0. The molecule has 2 unspecified atom stereocenters. The molecule has 0 heterocycles. The van der Waals surface area contributed by atoms with Crippen molar-refractivity contribution in [2.45, 2.75) is 32.6 Å². The van der Waals surface area contributed by atoms with E-state index in [4.69, 9.17) is 0 Å². The minimum atomic E-state index is -0.201. The molecule has 1 aromatic rings. The fraction of sp³-hybridized carbons (Fsp3) is 0.462. The first-order chi connectivity index (χ1) is 7.09. The van der Waals surface area contributed by atoms with Crippen molar-refractivity contribution >= 4 is 5.78 Å². The van der Waals surface area contributed by atoms with Gasteiger partial charge in [0.15, 0.2) is 0 Å². The molecule has 0 radical (unpaired) electrons. The van der Waals surface area contributed by atoms with Gasteiger partial charge < -0.3 is 0 Å². The van der Waals surface area contributed by atoms with Gasteiger partial charge >= 0.3 is 0 Å². The lowest BCUT2D eigenvalue weighted by atomic mass is 9.87. The van der Waals surface area contributed by atoms with E-state index in [-0.39, 0.29) is 17.7 Å². The number of aryl methyl sites for hydroxylation is 1. The highest BCUT2D eigenvalue weighted by Gasteiger charge is 2.32. The van der Waals surface area contributed by atoms with Gasteiger partial charge in [-0.3, -0.25) is 4.79 Å². The van der Waals surface area contributed by atoms with Gasteiger partial charge in [-0.1, -0.05) is 13.0 Å². The monoisotopic (exact) mass is 206 g/mol. The molecule has 0 amide bonds. The maximum atomic E-state index is 12.9. The summed E-state index contributed by atoms with van der Waals surface area (Å²) in [7, 11) is 0. The van der Waals surface area contributed by atoms with Crippen molar-refractivity contribution in [3.63, 3.8) is 0 Å². The molecule has 1 fully saturated rings. The standard InChI is InChI=1S/C13H15FO/c1-8-7-10(14)3-4-11(8)12-5-6-13(15)9(12)2/h3-4,7,9,12H,5-6H2,1-2H3. The zero-order valence-corrected chi connectivity index (χ0v) is 9.09. The van der Waals surface area contributed by atoms with Crippen molar-refractivity contribution in [2.75, 3.05) is 0 Å². The van der Waals surface area contributed by atoms with E-state index in [1.807, 2.05) is 19.9 Å². The first-order valence-electron chi connectivity index (χ1n) is 5.38. The molecule has 2 atom stereocenters. The highest BCUT2D eigenvalue weighted by Crippen LogP contribution is 2.38. The third-order valence-electron chi connectivity index (χ3n) is 3.44. The number of Topliss-reactive ketones (excluding diaryl/α,β-unsaturated/α-hetero) is 1. The van der Waals surface area contributed by atoms with Crippen LogP contribution >= 0.6 is 0 Å². The van der Waals surface area contributed by atoms with Gasteiger partial charge in [-0.2, -0.15) is 0 Å². The highest BCUT2D eigenvalue weighted by molar-refractivity contribution is 5.84. The van der Waals surface area contributed by atoms with Gasteiger partial charge in [0.25, 0.3) is 0 Å². The number of carbonyl (C=O) groups excluding carboxylic acids is 1. The van der Waals surface area contributed by atoms with E-state index in [0.29, 0.717) is 12.2 Å². The van der Waals surface area contributed by atoms with Crippen LogP contribution in [-0.4, -0.2) is 5.78 Å². The number of hydrogen-bond acceptors (Lipinski definition) is 1. The van der Waals surface area contributed by atoms with Gasteiger partial charge in [-0.15, -0.1) is 0 Å². The summed E-state index contributed by atoms with van der Waals surface area (Å²) in [4.78, 5) is 11.5. The third kappa shape index (κ3) is 1.81. The van der Waals surface area contributed by atoms with Crippen LogP contribution in [0, 0.1) is 18.7 Å². The predicted molar refractivity (Wildman–Crippen MR) is 57.3 cm³/mol. The van der Waals surface area contributed by atoms with E-state index < -0.39 is 0 Å². The minimum absolute atomic E-state index is 0.0918. The van der Waals surface area contributed by atoms with E-state index in [1.54, 1.807) is 6.07 Å². The molecule has 1 aliphatic rings. The summed E-state index contributed by atoms with van der Waals surface area (Å²) >= 11 is 0. The Kier molecular flexibility index (Phi) is 2.59. The van der Waals surface area contributed by atoms with Gasteiger partial charge in [0.2, 0.25) is 0 Å². The summed E-state index contributed by atoms with van der Waals surface area (Å²) < 4.78 is 12.9. The van der Waals surface area contributed by atoms with Gasteiger partial charge in [0.1, 0.15) is 11.6 Å². The minimum Gasteiger partial charge on any atom is -0.299 e. The molecule has 1 aromatic carbocycles. The number of benzene rings is 1. The van der Waals surface area contributed by atoms with Crippen LogP contribution in [-0.2, 0) is 4.79 Å². The van der Waals surface area contributed by atoms with Crippen LogP contribution in [0.1, 0.15) is 36.8 Å². The van der Waals surface area contributed by atoms with Gasteiger partial charge in [-0.05, 0) is 42.5 Å². The predicted octanol–water partition coefficient (Wildman–Crippen LogP) is 3.22. The van der Waals surface area contributed by atoms with Crippen LogP contribution in [0.3, 0.4) is 0 Å². The van der Waals surface area contributed by atoms with Crippen molar-refractivity contribution in [2.24, 2.45) is 5.92 Å². The average Bonchev–Trinajstić information content (AvgIpc) is 2.49. The molecule has 0 aromatic heterocycles. The second-order valence-corrected chi connectivity index (χ2v) is 4.40. The molecular formula is C13H15FO. The van der Waals surface area contributed by atoms with Crippen molar-refractivity contribution < 1.29 is 9.18 Å². The molecule has 0 N–H and O–H groups in total. The molecule has 0 aliphatic heterocycles. The molecule has 1 aliphatic carbocycles. The van der Waals surface area contributed by atoms with Crippen LogP contribution in [0.15, 0.2) is 18.2 Å². The summed E-state index contributed by atoms with van der Waals surface area (Å²) in [5, 5.41) is 0. The fourth-order valence-electron chi connectivity index (χ4n) is 2.48. The Bertz CT molecular complexity index is 398. The summed E-state index contributed by atoms with van der Waals surface area (Å²) in [5.41, 5.74) is 2.09. The van der Waals surface area contributed by atoms with Crippen molar-refractivity contribution in [1.82, 2.24) is 0 Å². The van der Waals surface area contributed by atoms with Crippen LogP contribution in [0.5, 0.6) is 0 Å². The van der Waals surface area contributed by atoms with E-state index in [0.717, 1.165) is 17.5 Å². The Labute approximate surface area is 89.3 Å². The average molecular weight is 206 g/mol. The van der Waals surface area contributed by atoms with Gasteiger partial charge in [0, 0.05) is 12.3 Å². The lowest BCUT2D eigenvalue weighted by Gasteiger charge is -2.17. The Morgan fingerprint density at radius 1 is 1.40 bits per heavy atom. The summed E-state index contributed by atoms with van der Waals surface area (Å²) in [6.07, 6.45) is 1.58. The Balaban J connectivity index is 2.34. The zero-order valence-electron chi connectivity index (χ0n) is 9.09. The number of rotatable bonds is 1. The maximum Gasteiger partial charge on any atom is 0.136 e. The molecule has 1 saturated carbocycles. The van der Waals surface area contributed by atoms with Crippen molar-refractivity contribution in [1.29, 1.82) is 0 Å². The van der Waals surface area contributed by atoms with E-state index in [9.17, 15) is 9.18 Å². The molecular weight excluding hydrogens is 191 g/mol. The summed E-state index contributed by atoms with van der Waals surface area (Å²) in [6, 6.07) is 4.85. The largest absolute Gasteiger partial charge is 0.299 e. The normalized spacial score (nSPS) is 25.9. The molecule has 80 valence electrons. The Morgan fingerprint density at radius 2 is 2.13 bits per heavy atom. The van der Waals surface area contributed by atoms with Gasteiger partial charge in [0.05, 0.1) is 0 Å². The Hall–Kier alpha value is -1.18. The van der Waals surface area contributed by atoms with E-state index in [2.05, 4.69) is 0 Å². The fourth-order valence-corrected chi connectivity index (χ4v) is 2.48. The SMILES string of the molecule is Cc1cc(F)ccc1C1CCC(=O)C1C. The quantitative estimate of drug-likeness (QED) is 0.689. The molecule has 15 heavy (non-hydrogen) atoms.